The molecule has 0 aliphatic heterocycles. The molecule has 72 valence electrons. The Hall–Kier alpha value is -0.120. The largest absolute Gasteiger partial charge is 0.394 e. The molecule has 0 bridgehead atoms. The van der Waals surface area contributed by atoms with Crippen molar-refractivity contribution < 1.29 is 10.2 Å². The predicted octanol–water partition coefficient (Wildman–Crippen LogP) is 0.119. The highest BCUT2D eigenvalue weighted by atomic mass is 16.3. The van der Waals surface area contributed by atoms with Gasteiger partial charge in [0, 0.05) is 6.54 Å². The molecule has 0 radical (unpaired) electrons. The van der Waals surface area contributed by atoms with Gasteiger partial charge in [-0.25, -0.2) is 0 Å². The summed E-state index contributed by atoms with van der Waals surface area (Å²) in [6.07, 6.45) is 4.76. The Kier molecular flexibility index (Phi) is 4.58. The lowest BCUT2D eigenvalue weighted by Crippen LogP contribution is -2.32. The van der Waals surface area contributed by atoms with Crippen LogP contribution in [-0.2, 0) is 0 Å². The van der Waals surface area contributed by atoms with Gasteiger partial charge >= 0.3 is 0 Å². The molecule has 3 N–H and O–H groups in total. The summed E-state index contributed by atoms with van der Waals surface area (Å²) in [5, 5.41) is 20.7. The van der Waals surface area contributed by atoms with Crippen molar-refractivity contribution in [3.63, 3.8) is 0 Å². The zero-order valence-corrected chi connectivity index (χ0v) is 7.50. The second kappa shape index (κ2) is 5.51. The minimum atomic E-state index is -0.591. The number of aliphatic hydroxyl groups excluding tert-OH is 2. The average molecular weight is 173 g/mol. The highest BCUT2D eigenvalue weighted by Gasteiger charge is 2.14. The Bertz CT molecular complexity index is 113. The number of rotatable bonds is 5. The maximum absolute atomic E-state index is 9.02. The Morgan fingerprint density at radius 2 is 2.00 bits per heavy atom. The maximum atomic E-state index is 9.02. The Labute approximate surface area is 73.8 Å². The predicted molar refractivity (Wildman–Crippen MR) is 47.9 cm³/mol. The van der Waals surface area contributed by atoms with Crippen molar-refractivity contribution in [3.05, 3.63) is 0 Å². The van der Waals surface area contributed by atoms with Gasteiger partial charge in [0.05, 0.1) is 12.7 Å². The number of nitrogens with one attached hydrogen (secondary N) is 1. The van der Waals surface area contributed by atoms with Crippen molar-refractivity contribution >= 4 is 0 Å². The molecular formula is C9H19NO2. The summed E-state index contributed by atoms with van der Waals surface area (Å²) in [4.78, 5) is 0. The van der Waals surface area contributed by atoms with Crippen LogP contribution in [0.25, 0.3) is 0 Å². The van der Waals surface area contributed by atoms with Crippen LogP contribution < -0.4 is 5.32 Å². The second-order valence-electron chi connectivity index (χ2n) is 3.65. The van der Waals surface area contributed by atoms with Gasteiger partial charge in [-0.3, -0.25) is 0 Å². The van der Waals surface area contributed by atoms with Crippen molar-refractivity contribution in [1.29, 1.82) is 0 Å². The summed E-state index contributed by atoms with van der Waals surface area (Å²) in [5.74, 6) is 0.802. The molecule has 1 unspecified atom stereocenters. The SMILES string of the molecule is OCC(O)CNCC1CCCC1. The normalized spacial score (nSPS) is 21.5. The third-order valence-corrected chi connectivity index (χ3v) is 2.50. The van der Waals surface area contributed by atoms with E-state index in [2.05, 4.69) is 5.32 Å². The molecule has 1 rings (SSSR count). The standard InChI is InChI=1S/C9H19NO2/c11-7-9(12)6-10-5-8-3-1-2-4-8/h8-12H,1-7H2. The van der Waals surface area contributed by atoms with E-state index in [9.17, 15) is 0 Å². The van der Waals surface area contributed by atoms with Crippen molar-refractivity contribution in [2.45, 2.75) is 31.8 Å². The van der Waals surface area contributed by atoms with Gasteiger partial charge in [-0.2, -0.15) is 0 Å². The molecule has 0 saturated heterocycles. The topological polar surface area (TPSA) is 52.5 Å². The van der Waals surface area contributed by atoms with E-state index in [-0.39, 0.29) is 6.61 Å². The van der Waals surface area contributed by atoms with E-state index in [1.54, 1.807) is 0 Å². The van der Waals surface area contributed by atoms with Gasteiger partial charge in [-0.05, 0) is 25.3 Å². The van der Waals surface area contributed by atoms with Gasteiger partial charge in [-0.15, -0.1) is 0 Å². The molecule has 0 heterocycles. The lowest BCUT2D eigenvalue weighted by Gasteiger charge is -2.12. The first-order valence-corrected chi connectivity index (χ1v) is 4.82. The Morgan fingerprint density at radius 3 is 2.58 bits per heavy atom. The van der Waals surface area contributed by atoms with Gasteiger partial charge in [0.2, 0.25) is 0 Å². The Balaban J connectivity index is 1.94. The second-order valence-corrected chi connectivity index (χ2v) is 3.65. The first-order valence-electron chi connectivity index (χ1n) is 4.82. The maximum Gasteiger partial charge on any atom is 0.0894 e. The van der Waals surface area contributed by atoms with E-state index in [0.717, 1.165) is 12.5 Å². The van der Waals surface area contributed by atoms with Gasteiger partial charge < -0.3 is 15.5 Å². The van der Waals surface area contributed by atoms with Crippen LogP contribution in [0.3, 0.4) is 0 Å². The molecule has 1 aliphatic carbocycles. The first-order chi connectivity index (χ1) is 5.83. The van der Waals surface area contributed by atoms with Gasteiger partial charge in [-0.1, -0.05) is 12.8 Å². The lowest BCUT2D eigenvalue weighted by atomic mass is 10.1. The molecular weight excluding hydrogens is 154 g/mol. The van der Waals surface area contributed by atoms with Crippen LogP contribution in [0.2, 0.25) is 0 Å². The molecule has 0 amide bonds. The van der Waals surface area contributed by atoms with Crippen LogP contribution in [0.4, 0.5) is 0 Å². The van der Waals surface area contributed by atoms with E-state index in [4.69, 9.17) is 10.2 Å². The molecule has 1 aliphatic rings. The molecule has 1 atom stereocenters. The molecule has 0 aromatic carbocycles. The molecule has 1 fully saturated rings. The summed E-state index contributed by atoms with van der Waals surface area (Å²) >= 11 is 0. The molecule has 0 spiro atoms. The van der Waals surface area contributed by atoms with Crippen LogP contribution >= 0.6 is 0 Å². The number of aliphatic hydroxyl groups is 2. The fourth-order valence-electron chi connectivity index (χ4n) is 1.73. The zero-order valence-electron chi connectivity index (χ0n) is 7.50. The van der Waals surface area contributed by atoms with Crippen molar-refractivity contribution in [2.75, 3.05) is 19.7 Å². The number of hydrogen-bond acceptors (Lipinski definition) is 3. The summed E-state index contributed by atoms with van der Waals surface area (Å²) in [5.41, 5.74) is 0. The van der Waals surface area contributed by atoms with Gasteiger partial charge in [0.15, 0.2) is 0 Å². The van der Waals surface area contributed by atoms with E-state index < -0.39 is 6.10 Å². The van der Waals surface area contributed by atoms with Gasteiger partial charge in [0.1, 0.15) is 0 Å². The molecule has 0 aromatic rings. The molecule has 0 aromatic heterocycles. The third-order valence-electron chi connectivity index (χ3n) is 2.50. The fraction of sp³-hybridized carbons (Fsp3) is 1.00. The molecule has 3 heteroatoms. The van der Waals surface area contributed by atoms with Crippen LogP contribution in [0.15, 0.2) is 0 Å². The van der Waals surface area contributed by atoms with E-state index in [1.807, 2.05) is 0 Å². The summed E-state index contributed by atoms with van der Waals surface area (Å²) < 4.78 is 0. The first kappa shape index (κ1) is 9.96. The van der Waals surface area contributed by atoms with Crippen molar-refractivity contribution in [2.24, 2.45) is 5.92 Å². The van der Waals surface area contributed by atoms with Gasteiger partial charge in [0.25, 0.3) is 0 Å². The third kappa shape index (κ3) is 3.52. The fourth-order valence-corrected chi connectivity index (χ4v) is 1.73. The summed E-state index contributed by atoms with van der Waals surface area (Å²) in [6.45, 7) is 1.38. The monoisotopic (exact) mass is 173 g/mol. The highest BCUT2D eigenvalue weighted by Crippen LogP contribution is 2.23. The smallest absolute Gasteiger partial charge is 0.0894 e. The summed E-state index contributed by atoms with van der Waals surface area (Å²) in [7, 11) is 0. The molecule has 3 nitrogen and oxygen atoms in total. The zero-order chi connectivity index (χ0) is 8.81. The van der Waals surface area contributed by atoms with E-state index in [1.165, 1.54) is 25.7 Å². The lowest BCUT2D eigenvalue weighted by molar-refractivity contribution is 0.0936. The summed E-state index contributed by atoms with van der Waals surface area (Å²) in [6, 6.07) is 0. The molecule has 12 heavy (non-hydrogen) atoms. The Morgan fingerprint density at radius 1 is 1.33 bits per heavy atom. The average Bonchev–Trinajstić information content (AvgIpc) is 2.57. The van der Waals surface area contributed by atoms with Crippen LogP contribution in [-0.4, -0.2) is 36.0 Å². The van der Waals surface area contributed by atoms with Crippen LogP contribution in [0.5, 0.6) is 0 Å². The van der Waals surface area contributed by atoms with Crippen LogP contribution in [0.1, 0.15) is 25.7 Å². The highest BCUT2D eigenvalue weighted by molar-refractivity contribution is 4.70. The van der Waals surface area contributed by atoms with Crippen LogP contribution in [0, 0.1) is 5.92 Å². The minimum absolute atomic E-state index is 0.141. The minimum Gasteiger partial charge on any atom is -0.394 e. The van der Waals surface area contributed by atoms with Crippen molar-refractivity contribution in [1.82, 2.24) is 5.32 Å². The number of hydrogen-bond donors (Lipinski definition) is 3. The molecule has 1 saturated carbocycles. The van der Waals surface area contributed by atoms with E-state index in [0.29, 0.717) is 6.54 Å². The van der Waals surface area contributed by atoms with E-state index >= 15 is 0 Å². The quantitative estimate of drug-likeness (QED) is 0.553. The van der Waals surface area contributed by atoms with Crippen molar-refractivity contribution in [3.8, 4) is 0 Å².